The Labute approximate surface area is 144 Å². The number of nitrogens with zero attached hydrogens (tertiary/aromatic N) is 2. The van der Waals surface area contributed by atoms with Crippen LogP contribution in [-0.2, 0) is 11.2 Å². The third-order valence-electron chi connectivity index (χ3n) is 4.27. The Morgan fingerprint density at radius 3 is 2.60 bits per heavy atom. The molecule has 0 amide bonds. The van der Waals surface area contributed by atoms with Crippen molar-refractivity contribution in [2.45, 2.75) is 20.3 Å². The van der Waals surface area contributed by atoms with Crippen LogP contribution in [0.25, 0.3) is 0 Å². The summed E-state index contributed by atoms with van der Waals surface area (Å²) < 4.78 is 0. The molecule has 0 N–H and O–H groups in total. The van der Waals surface area contributed by atoms with Crippen molar-refractivity contribution < 1.29 is 14.5 Å². The maximum atomic E-state index is 12.7. The van der Waals surface area contributed by atoms with Gasteiger partial charge in [-0.25, -0.2) is 0 Å². The topological polar surface area (TPSA) is 89.6 Å². The van der Waals surface area contributed by atoms with Gasteiger partial charge < -0.3 is 0 Å². The number of hydrogen-bond donors (Lipinski definition) is 0. The van der Waals surface area contributed by atoms with Gasteiger partial charge in [0.2, 0.25) is 0 Å². The minimum absolute atomic E-state index is 0.0295. The fraction of sp³-hybridized carbons (Fsp3) is 0.211. The number of carbonyl (C=O) groups is 2. The van der Waals surface area contributed by atoms with E-state index in [1.165, 1.54) is 19.1 Å². The lowest BCUT2D eigenvalue weighted by atomic mass is 9.98. The number of hydrogen-bond acceptors (Lipinski definition) is 5. The number of aliphatic imine (C=N–C) groups is 1. The zero-order valence-electron chi connectivity index (χ0n) is 13.9. The third kappa shape index (κ3) is 2.87. The standard InChI is InChI=1S/C19H16N2O4/c1-3-12-6-4-7-13(10-12)20-18-14-8-5-9-15(21(24)25)17(14)19(23)16(18)11(2)22/h4-10,16H,3H2,1-2H3/t16-/m0/s1. The molecule has 25 heavy (non-hydrogen) atoms. The number of nitro groups is 1. The zero-order valence-corrected chi connectivity index (χ0v) is 13.9. The molecule has 0 saturated heterocycles. The normalized spacial score (nSPS) is 17.6. The molecule has 0 bridgehead atoms. The van der Waals surface area contributed by atoms with Gasteiger partial charge in [0.25, 0.3) is 5.69 Å². The van der Waals surface area contributed by atoms with Crippen LogP contribution in [0.15, 0.2) is 47.5 Å². The van der Waals surface area contributed by atoms with Crippen LogP contribution in [0, 0.1) is 16.0 Å². The number of carbonyl (C=O) groups excluding carboxylic acids is 2. The van der Waals surface area contributed by atoms with Gasteiger partial charge in [-0.15, -0.1) is 0 Å². The van der Waals surface area contributed by atoms with Crippen LogP contribution < -0.4 is 0 Å². The van der Waals surface area contributed by atoms with Crippen molar-refractivity contribution in [3.8, 4) is 0 Å². The van der Waals surface area contributed by atoms with E-state index < -0.39 is 16.6 Å². The fourth-order valence-corrected chi connectivity index (χ4v) is 3.08. The van der Waals surface area contributed by atoms with Crippen molar-refractivity contribution in [3.05, 3.63) is 69.3 Å². The largest absolute Gasteiger partial charge is 0.299 e. The lowest BCUT2D eigenvalue weighted by molar-refractivity contribution is -0.385. The first kappa shape index (κ1) is 16.7. The second-order valence-corrected chi connectivity index (χ2v) is 5.89. The van der Waals surface area contributed by atoms with Crippen LogP contribution in [-0.4, -0.2) is 22.2 Å². The van der Waals surface area contributed by atoms with Gasteiger partial charge in [-0.2, -0.15) is 0 Å². The Kier molecular flexibility index (Phi) is 4.27. The highest BCUT2D eigenvalue weighted by molar-refractivity contribution is 6.38. The van der Waals surface area contributed by atoms with Gasteiger partial charge in [0.05, 0.1) is 16.3 Å². The number of aryl methyl sites for hydroxylation is 1. The summed E-state index contributed by atoms with van der Waals surface area (Å²) in [6.45, 7) is 3.32. The Balaban J connectivity index is 2.23. The molecule has 1 aliphatic rings. The van der Waals surface area contributed by atoms with E-state index in [-0.39, 0.29) is 22.7 Å². The number of fused-ring (bicyclic) bond motifs is 1. The van der Waals surface area contributed by atoms with E-state index in [9.17, 15) is 19.7 Å². The van der Waals surface area contributed by atoms with Crippen LogP contribution >= 0.6 is 0 Å². The van der Waals surface area contributed by atoms with Gasteiger partial charge in [0.1, 0.15) is 17.3 Å². The molecule has 0 unspecified atom stereocenters. The van der Waals surface area contributed by atoms with Crippen molar-refractivity contribution >= 4 is 28.7 Å². The molecule has 0 aliphatic heterocycles. The summed E-state index contributed by atoms with van der Waals surface area (Å²) in [6.07, 6.45) is 0.829. The molecule has 0 heterocycles. The van der Waals surface area contributed by atoms with Crippen LogP contribution in [0.3, 0.4) is 0 Å². The van der Waals surface area contributed by atoms with Gasteiger partial charge in [0.15, 0.2) is 5.78 Å². The number of ketones is 2. The molecule has 2 aromatic carbocycles. The first-order valence-electron chi connectivity index (χ1n) is 7.94. The monoisotopic (exact) mass is 336 g/mol. The summed E-state index contributed by atoms with van der Waals surface area (Å²) in [6, 6.07) is 11.9. The quantitative estimate of drug-likeness (QED) is 0.484. The lowest BCUT2D eigenvalue weighted by Crippen LogP contribution is -2.23. The van der Waals surface area contributed by atoms with E-state index in [0.717, 1.165) is 12.0 Å². The molecule has 6 nitrogen and oxygen atoms in total. The molecular formula is C19H16N2O4. The van der Waals surface area contributed by atoms with Crippen molar-refractivity contribution in [1.29, 1.82) is 0 Å². The van der Waals surface area contributed by atoms with Crippen molar-refractivity contribution in [3.63, 3.8) is 0 Å². The first-order valence-corrected chi connectivity index (χ1v) is 7.94. The zero-order chi connectivity index (χ0) is 18.1. The molecule has 0 saturated carbocycles. The Morgan fingerprint density at radius 2 is 1.96 bits per heavy atom. The molecule has 3 rings (SSSR count). The Hall–Kier alpha value is -3.15. The third-order valence-corrected chi connectivity index (χ3v) is 4.27. The maximum Gasteiger partial charge on any atom is 0.280 e. The highest BCUT2D eigenvalue weighted by Crippen LogP contribution is 2.35. The van der Waals surface area contributed by atoms with E-state index in [4.69, 9.17) is 0 Å². The summed E-state index contributed by atoms with van der Waals surface area (Å²) in [5, 5.41) is 11.3. The molecule has 1 aliphatic carbocycles. The maximum absolute atomic E-state index is 12.7. The van der Waals surface area contributed by atoms with E-state index in [2.05, 4.69) is 4.99 Å². The number of benzene rings is 2. The van der Waals surface area contributed by atoms with E-state index in [1.807, 2.05) is 25.1 Å². The SMILES string of the molecule is CCc1cccc(N=C2c3cccc([N+](=O)[O-])c3C(=O)[C@H]2C(C)=O)c1. The van der Waals surface area contributed by atoms with Crippen LogP contribution in [0.5, 0.6) is 0 Å². The summed E-state index contributed by atoms with van der Waals surface area (Å²) in [4.78, 5) is 39.9. The second kappa shape index (κ2) is 6.39. The minimum atomic E-state index is -1.10. The lowest BCUT2D eigenvalue weighted by Gasteiger charge is -2.07. The summed E-state index contributed by atoms with van der Waals surface area (Å²) in [5.74, 6) is -2.03. The van der Waals surface area contributed by atoms with Crippen LogP contribution in [0.4, 0.5) is 11.4 Å². The highest BCUT2D eigenvalue weighted by atomic mass is 16.6. The molecule has 6 heteroatoms. The van der Waals surface area contributed by atoms with Gasteiger partial charge in [-0.1, -0.05) is 31.2 Å². The molecule has 0 fully saturated rings. The predicted octanol–water partition coefficient (Wildman–Crippen LogP) is 3.68. The Bertz CT molecular complexity index is 931. The van der Waals surface area contributed by atoms with Crippen molar-refractivity contribution in [1.82, 2.24) is 0 Å². The smallest absolute Gasteiger partial charge is 0.280 e. The van der Waals surface area contributed by atoms with Crippen molar-refractivity contribution in [2.24, 2.45) is 10.9 Å². The molecule has 2 aromatic rings. The van der Waals surface area contributed by atoms with Crippen LogP contribution in [0.2, 0.25) is 0 Å². The van der Waals surface area contributed by atoms with Gasteiger partial charge >= 0.3 is 0 Å². The molecule has 1 atom stereocenters. The second-order valence-electron chi connectivity index (χ2n) is 5.89. The molecule has 0 spiro atoms. The number of nitro benzene ring substituents is 1. The summed E-state index contributed by atoms with van der Waals surface area (Å²) in [5.41, 5.74) is 2.02. The van der Waals surface area contributed by atoms with E-state index in [0.29, 0.717) is 11.3 Å². The minimum Gasteiger partial charge on any atom is -0.299 e. The first-order chi connectivity index (χ1) is 11.9. The average Bonchev–Trinajstić information content (AvgIpc) is 2.87. The number of Topliss-reactive ketones (excluding diaryl/α,β-unsaturated/α-hetero) is 2. The Morgan fingerprint density at radius 1 is 1.24 bits per heavy atom. The summed E-state index contributed by atoms with van der Waals surface area (Å²) >= 11 is 0. The molecule has 126 valence electrons. The van der Waals surface area contributed by atoms with Crippen LogP contribution in [0.1, 0.15) is 35.3 Å². The molecular weight excluding hydrogens is 320 g/mol. The molecule has 0 aromatic heterocycles. The fourth-order valence-electron chi connectivity index (χ4n) is 3.08. The molecule has 0 radical (unpaired) electrons. The highest BCUT2D eigenvalue weighted by Gasteiger charge is 2.43. The van der Waals surface area contributed by atoms with Gasteiger partial charge in [0, 0.05) is 11.6 Å². The average molecular weight is 336 g/mol. The number of rotatable bonds is 4. The van der Waals surface area contributed by atoms with Gasteiger partial charge in [-0.05, 0) is 31.0 Å². The predicted molar refractivity (Wildman–Crippen MR) is 93.6 cm³/mol. The van der Waals surface area contributed by atoms with Gasteiger partial charge in [-0.3, -0.25) is 24.7 Å². The van der Waals surface area contributed by atoms with Crippen molar-refractivity contribution in [2.75, 3.05) is 0 Å². The van der Waals surface area contributed by atoms with E-state index >= 15 is 0 Å². The summed E-state index contributed by atoms with van der Waals surface area (Å²) in [7, 11) is 0. The van der Waals surface area contributed by atoms with E-state index in [1.54, 1.807) is 12.1 Å².